The highest BCUT2D eigenvalue weighted by molar-refractivity contribution is 7.08. The maximum atomic E-state index is 12.5. The summed E-state index contributed by atoms with van der Waals surface area (Å²) in [7, 11) is 0. The minimum absolute atomic E-state index is 0.211. The standard InChI is InChI=1S/C18H16N2O2S/c1-13-4-6-14(7-5-13)11-20-9-2-3-16(18(20)22)19-17(21)15-8-10-23-12-15/h2-10,12H,11H2,1H3,(H,19,21). The zero-order chi connectivity index (χ0) is 16.2. The molecular weight excluding hydrogens is 308 g/mol. The molecule has 5 heteroatoms. The van der Waals surface area contributed by atoms with Crippen molar-refractivity contribution >= 4 is 22.9 Å². The number of carbonyl (C=O) groups is 1. The lowest BCUT2D eigenvalue weighted by molar-refractivity contribution is 0.102. The molecule has 3 rings (SSSR count). The molecular formula is C18H16N2O2S. The van der Waals surface area contributed by atoms with E-state index in [0.29, 0.717) is 12.1 Å². The minimum atomic E-state index is -0.267. The molecule has 2 heterocycles. The van der Waals surface area contributed by atoms with Crippen LogP contribution in [0.5, 0.6) is 0 Å². The topological polar surface area (TPSA) is 51.1 Å². The second kappa shape index (κ2) is 6.62. The second-order valence-corrected chi connectivity index (χ2v) is 6.09. The molecule has 0 saturated heterocycles. The molecule has 0 bridgehead atoms. The molecule has 1 amide bonds. The molecule has 0 spiro atoms. The Hall–Kier alpha value is -2.66. The van der Waals surface area contributed by atoms with Crippen molar-refractivity contribution in [3.63, 3.8) is 0 Å². The van der Waals surface area contributed by atoms with Crippen molar-refractivity contribution < 1.29 is 4.79 Å². The Morgan fingerprint density at radius 1 is 1.17 bits per heavy atom. The first-order valence-electron chi connectivity index (χ1n) is 7.22. The van der Waals surface area contributed by atoms with Gasteiger partial charge in [0.05, 0.1) is 12.1 Å². The van der Waals surface area contributed by atoms with E-state index in [1.165, 1.54) is 16.9 Å². The van der Waals surface area contributed by atoms with Crippen molar-refractivity contribution in [2.75, 3.05) is 5.32 Å². The summed E-state index contributed by atoms with van der Waals surface area (Å²) in [5.74, 6) is -0.267. The first-order chi connectivity index (χ1) is 11.1. The lowest BCUT2D eigenvalue weighted by Crippen LogP contribution is -2.25. The van der Waals surface area contributed by atoms with E-state index in [2.05, 4.69) is 5.32 Å². The fourth-order valence-electron chi connectivity index (χ4n) is 2.23. The Morgan fingerprint density at radius 2 is 1.96 bits per heavy atom. The summed E-state index contributed by atoms with van der Waals surface area (Å²) in [5, 5.41) is 6.26. The van der Waals surface area contributed by atoms with Gasteiger partial charge < -0.3 is 9.88 Å². The number of amides is 1. The third-order valence-corrected chi connectivity index (χ3v) is 4.21. The van der Waals surface area contributed by atoms with Crippen LogP contribution in [-0.2, 0) is 6.54 Å². The summed E-state index contributed by atoms with van der Waals surface area (Å²) >= 11 is 1.44. The van der Waals surface area contributed by atoms with Gasteiger partial charge in [-0.1, -0.05) is 29.8 Å². The van der Waals surface area contributed by atoms with Gasteiger partial charge in [-0.25, -0.2) is 0 Å². The van der Waals surface area contributed by atoms with E-state index < -0.39 is 0 Å². The number of hydrogen-bond acceptors (Lipinski definition) is 3. The first kappa shape index (κ1) is 15.2. The van der Waals surface area contributed by atoms with Crippen LogP contribution in [0.2, 0.25) is 0 Å². The van der Waals surface area contributed by atoms with Crippen LogP contribution in [0, 0.1) is 6.92 Å². The number of benzene rings is 1. The highest BCUT2D eigenvalue weighted by Gasteiger charge is 2.10. The average molecular weight is 324 g/mol. The van der Waals surface area contributed by atoms with Gasteiger partial charge in [0.1, 0.15) is 5.69 Å². The number of anilines is 1. The Balaban J connectivity index is 1.82. The van der Waals surface area contributed by atoms with E-state index >= 15 is 0 Å². The van der Waals surface area contributed by atoms with Gasteiger partial charge in [0.15, 0.2) is 0 Å². The molecule has 0 unspecified atom stereocenters. The van der Waals surface area contributed by atoms with Crippen LogP contribution in [0.4, 0.5) is 5.69 Å². The number of aromatic nitrogens is 1. The van der Waals surface area contributed by atoms with Crippen LogP contribution in [0.3, 0.4) is 0 Å². The molecule has 23 heavy (non-hydrogen) atoms. The maximum absolute atomic E-state index is 12.5. The van der Waals surface area contributed by atoms with Crippen molar-refractivity contribution in [1.29, 1.82) is 0 Å². The minimum Gasteiger partial charge on any atom is -0.317 e. The molecule has 4 nitrogen and oxygen atoms in total. The number of rotatable bonds is 4. The molecule has 1 aromatic carbocycles. The lowest BCUT2D eigenvalue weighted by atomic mass is 10.1. The third-order valence-electron chi connectivity index (χ3n) is 3.53. The fourth-order valence-corrected chi connectivity index (χ4v) is 2.87. The fraction of sp³-hybridized carbons (Fsp3) is 0.111. The predicted molar refractivity (Wildman–Crippen MR) is 93.3 cm³/mol. The molecule has 0 radical (unpaired) electrons. The van der Waals surface area contributed by atoms with Crippen LogP contribution in [-0.4, -0.2) is 10.5 Å². The van der Waals surface area contributed by atoms with Crippen molar-refractivity contribution in [2.24, 2.45) is 0 Å². The third kappa shape index (κ3) is 3.57. The second-order valence-electron chi connectivity index (χ2n) is 5.31. The number of nitrogens with one attached hydrogen (secondary N) is 1. The van der Waals surface area contributed by atoms with E-state index in [1.54, 1.807) is 34.3 Å². The predicted octanol–water partition coefficient (Wildman–Crippen LogP) is 3.52. The first-order valence-corrected chi connectivity index (χ1v) is 8.16. The van der Waals surface area contributed by atoms with Gasteiger partial charge in [-0.15, -0.1) is 0 Å². The summed E-state index contributed by atoms with van der Waals surface area (Å²) in [6.07, 6.45) is 1.72. The van der Waals surface area contributed by atoms with Gasteiger partial charge in [0.25, 0.3) is 11.5 Å². The van der Waals surface area contributed by atoms with Crippen molar-refractivity contribution in [1.82, 2.24) is 4.57 Å². The quantitative estimate of drug-likeness (QED) is 0.798. The Morgan fingerprint density at radius 3 is 2.65 bits per heavy atom. The SMILES string of the molecule is Cc1ccc(Cn2cccc(NC(=O)c3ccsc3)c2=O)cc1. The van der Waals surface area contributed by atoms with E-state index in [0.717, 1.165) is 5.56 Å². The summed E-state index contributed by atoms with van der Waals surface area (Å²) in [4.78, 5) is 24.6. The van der Waals surface area contributed by atoms with Gasteiger partial charge >= 0.3 is 0 Å². The smallest absolute Gasteiger partial charge is 0.274 e. The molecule has 0 aliphatic carbocycles. The summed E-state index contributed by atoms with van der Waals surface area (Å²) < 4.78 is 1.59. The van der Waals surface area contributed by atoms with Gasteiger partial charge in [0, 0.05) is 11.6 Å². The molecule has 0 fully saturated rings. The van der Waals surface area contributed by atoms with E-state index in [1.807, 2.05) is 36.6 Å². The lowest BCUT2D eigenvalue weighted by Gasteiger charge is -2.09. The number of carbonyl (C=O) groups excluding carboxylic acids is 1. The molecule has 116 valence electrons. The Bertz CT molecular complexity index is 865. The van der Waals surface area contributed by atoms with Crippen LogP contribution < -0.4 is 10.9 Å². The molecule has 3 aromatic rings. The highest BCUT2D eigenvalue weighted by Crippen LogP contribution is 2.10. The van der Waals surface area contributed by atoms with Gasteiger partial charge in [-0.05, 0) is 36.1 Å². The average Bonchev–Trinajstić information content (AvgIpc) is 3.08. The van der Waals surface area contributed by atoms with Gasteiger partial charge in [-0.3, -0.25) is 9.59 Å². The number of thiophene rings is 1. The monoisotopic (exact) mass is 324 g/mol. The molecule has 0 saturated carbocycles. The van der Waals surface area contributed by atoms with Crippen molar-refractivity contribution in [2.45, 2.75) is 13.5 Å². The zero-order valence-corrected chi connectivity index (χ0v) is 13.5. The maximum Gasteiger partial charge on any atom is 0.274 e. The van der Waals surface area contributed by atoms with Crippen LogP contribution >= 0.6 is 11.3 Å². The molecule has 1 N–H and O–H groups in total. The summed E-state index contributed by atoms with van der Waals surface area (Å²) in [6, 6.07) is 13.1. The number of nitrogens with zero attached hydrogens (tertiary/aromatic N) is 1. The summed E-state index contributed by atoms with van der Waals surface area (Å²) in [6.45, 7) is 2.50. The van der Waals surface area contributed by atoms with Crippen LogP contribution in [0.1, 0.15) is 21.5 Å². The Labute approximate surface area is 138 Å². The molecule has 0 aliphatic heterocycles. The van der Waals surface area contributed by atoms with Crippen molar-refractivity contribution in [3.05, 3.63) is 86.5 Å². The number of pyridine rings is 1. The van der Waals surface area contributed by atoms with Crippen LogP contribution in [0.15, 0.2) is 64.2 Å². The Kier molecular flexibility index (Phi) is 4.39. The molecule has 0 atom stereocenters. The zero-order valence-electron chi connectivity index (χ0n) is 12.7. The molecule has 2 aromatic heterocycles. The van der Waals surface area contributed by atoms with Gasteiger partial charge in [-0.2, -0.15) is 11.3 Å². The number of aryl methyl sites for hydroxylation is 1. The number of hydrogen-bond donors (Lipinski definition) is 1. The van der Waals surface area contributed by atoms with E-state index in [4.69, 9.17) is 0 Å². The normalized spacial score (nSPS) is 10.5. The molecule has 0 aliphatic rings. The largest absolute Gasteiger partial charge is 0.317 e. The van der Waals surface area contributed by atoms with Gasteiger partial charge in [0.2, 0.25) is 0 Å². The van der Waals surface area contributed by atoms with Crippen LogP contribution in [0.25, 0.3) is 0 Å². The van der Waals surface area contributed by atoms with E-state index in [9.17, 15) is 9.59 Å². The summed E-state index contributed by atoms with van der Waals surface area (Å²) in [5.41, 5.74) is 2.85. The van der Waals surface area contributed by atoms with E-state index in [-0.39, 0.29) is 17.2 Å². The highest BCUT2D eigenvalue weighted by atomic mass is 32.1. The van der Waals surface area contributed by atoms with Crippen molar-refractivity contribution in [3.8, 4) is 0 Å².